The van der Waals surface area contributed by atoms with Gasteiger partial charge in [-0.1, -0.05) is 0 Å². The van der Waals surface area contributed by atoms with Crippen LogP contribution in [0.4, 0.5) is 18.0 Å². The molecule has 0 radical (unpaired) electrons. The standard InChI is InChI=1S/C16H21F3N4O/c17-16(18,19)10-8-12-13(21-9-10)2-1-3-14(12)22-11-4-6-23(7-5-11)15(20)24/h8-9,11,14,22H,1-7H2,(H2,20,24)/t14-/m1/s1. The highest BCUT2D eigenvalue weighted by Gasteiger charge is 2.34. The number of carbonyl (C=O) groups is 1. The van der Waals surface area contributed by atoms with Crippen molar-refractivity contribution in [3.8, 4) is 0 Å². The lowest BCUT2D eigenvalue weighted by molar-refractivity contribution is -0.137. The van der Waals surface area contributed by atoms with E-state index in [4.69, 9.17) is 5.73 Å². The number of hydrogen-bond acceptors (Lipinski definition) is 3. The smallest absolute Gasteiger partial charge is 0.351 e. The highest BCUT2D eigenvalue weighted by atomic mass is 19.4. The fourth-order valence-electron chi connectivity index (χ4n) is 3.53. The molecule has 1 aliphatic heterocycles. The second-order valence-corrected chi connectivity index (χ2v) is 6.47. The highest BCUT2D eigenvalue weighted by molar-refractivity contribution is 5.72. The molecule has 1 aliphatic carbocycles. The van der Waals surface area contributed by atoms with E-state index >= 15 is 0 Å². The molecular formula is C16H21F3N4O. The van der Waals surface area contributed by atoms with Gasteiger partial charge in [0.1, 0.15) is 0 Å². The molecule has 1 atom stereocenters. The first-order valence-corrected chi connectivity index (χ1v) is 8.21. The Morgan fingerprint density at radius 2 is 2.00 bits per heavy atom. The van der Waals surface area contributed by atoms with Gasteiger partial charge in [-0.2, -0.15) is 13.2 Å². The Morgan fingerprint density at radius 1 is 1.29 bits per heavy atom. The molecule has 3 rings (SSSR count). The molecule has 1 aromatic rings. The SMILES string of the molecule is NC(=O)N1CCC(N[C@@H]2CCCc3ncc(C(F)(F)F)cc32)CC1. The lowest BCUT2D eigenvalue weighted by Crippen LogP contribution is -2.47. The normalized spacial score (nSPS) is 22.3. The van der Waals surface area contributed by atoms with Crippen LogP contribution in [-0.4, -0.2) is 35.0 Å². The predicted octanol–water partition coefficient (Wildman–Crippen LogP) is 2.61. The van der Waals surface area contributed by atoms with Crippen LogP contribution in [0, 0.1) is 0 Å². The number of pyridine rings is 1. The molecule has 0 saturated carbocycles. The zero-order valence-electron chi connectivity index (χ0n) is 13.3. The second kappa shape index (κ2) is 6.58. The summed E-state index contributed by atoms with van der Waals surface area (Å²) in [4.78, 5) is 16.8. The molecule has 132 valence electrons. The number of fused-ring (bicyclic) bond motifs is 1. The van der Waals surface area contributed by atoms with E-state index in [2.05, 4.69) is 10.3 Å². The number of urea groups is 1. The van der Waals surface area contributed by atoms with Crippen LogP contribution in [0.3, 0.4) is 0 Å². The molecular weight excluding hydrogens is 321 g/mol. The van der Waals surface area contributed by atoms with Crippen LogP contribution in [0.15, 0.2) is 12.3 Å². The third-order valence-corrected chi connectivity index (χ3v) is 4.86. The van der Waals surface area contributed by atoms with E-state index < -0.39 is 17.8 Å². The van der Waals surface area contributed by atoms with Crippen LogP contribution in [0.2, 0.25) is 0 Å². The fourth-order valence-corrected chi connectivity index (χ4v) is 3.53. The Labute approximate surface area is 138 Å². The average molecular weight is 342 g/mol. The molecule has 8 heteroatoms. The molecule has 0 aromatic carbocycles. The van der Waals surface area contributed by atoms with Crippen LogP contribution >= 0.6 is 0 Å². The van der Waals surface area contributed by atoms with E-state index in [-0.39, 0.29) is 12.1 Å². The van der Waals surface area contributed by atoms with Crippen LogP contribution < -0.4 is 11.1 Å². The minimum absolute atomic E-state index is 0.117. The van der Waals surface area contributed by atoms with Crippen molar-refractivity contribution in [1.82, 2.24) is 15.2 Å². The topological polar surface area (TPSA) is 71.2 Å². The number of carbonyl (C=O) groups excluding carboxylic acids is 1. The first-order valence-electron chi connectivity index (χ1n) is 8.21. The molecule has 1 saturated heterocycles. The lowest BCUT2D eigenvalue weighted by atomic mass is 9.89. The number of nitrogens with zero attached hydrogens (tertiary/aromatic N) is 2. The van der Waals surface area contributed by atoms with Gasteiger partial charge in [-0.25, -0.2) is 4.79 Å². The van der Waals surface area contributed by atoms with Gasteiger partial charge in [0.25, 0.3) is 0 Å². The number of aromatic nitrogens is 1. The molecule has 0 bridgehead atoms. The summed E-state index contributed by atoms with van der Waals surface area (Å²) in [5.74, 6) is 0. The third-order valence-electron chi connectivity index (χ3n) is 4.86. The Hall–Kier alpha value is -1.83. The summed E-state index contributed by atoms with van der Waals surface area (Å²) in [5.41, 5.74) is 5.99. The minimum Gasteiger partial charge on any atom is -0.351 e. The number of likely N-dealkylation sites (tertiary alicyclic amines) is 1. The molecule has 2 heterocycles. The summed E-state index contributed by atoms with van der Waals surface area (Å²) in [5, 5.41) is 3.47. The molecule has 3 N–H and O–H groups in total. The van der Waals surface area contributed by atoms with Crippen molar-refractivity contribution in [1.29, 1.82) is 0 Å². The van der Waals surface area contributed by atoms with Gasteiger partial charge in [-0.15, -0.1) is 0 Å². The maximum atomic E-state index is 13.0. The van der Waals surface area contributed by atoms with Crippen LogP contribution in [0.5, 0.6) is 0 Å². The average Bonchev–Trinajstić information content (AvgIpc) is 2.54. The summed E-state index contributed by atoms with van der Waals surface area (Å²) in [7, 11) is 0. The zero-order chi connectivity index (χ0) is 17.3. The highest BCUT2D eigenvalue weighted by Crippen LogP contribution is 2.35. The van der Waals surface area contributed by atoms with Crippen molar-refractivity contribution in [3.05, 3.63) is 29.1 Å². The molecule has 5 nitrogen and oxygen atoms in total. The maximum Gasteiger partial charge on any atom is 0.417 e. The van der Waals surface area contributed by atoms with Crippen molar-refractivity contribution in [2.75, 3.05) is 13.1 Å². The number of nitrogens with two attached hydrogens (primary N) is 1. The van der Waals surface area contributed by atoms with E-state index in [0.717, 1.165) is 37.6 Å². The summed E-state index contributed by atoms with van der Waals surface area (Å²) in [6, 6.07) is 0.868. The number of hydrogen-bond donors (Lipinski definition) is 2. The third kappa shape index (κ3) is 3.63. The number of halogens is 3. The molecule has 1 aromatic heterocycles. The Bertz CT molecular complexity index is 612. The summed E-state index contributed by atoms with van der Waals surface area (Å²) >= 11 is 0. The molecule has 0 spiro atoms. The van der Waals surface area contributed by atoms with Gasteiger partial charge in [-0.3, -0.25) is 4.98 Å². The number of primary amides is 1. The van der Waals surface area contributed by atoms with Crippen molar-refractivity contribution >= 4 is 6.03 Å². The van der Waals surface area contributed by atoms with E-state index in [1.807, 2.05) is 0 Å². The molecule has 2 amide bonds. The number of aryl methyl sites for hydroxylation is 1. The Morgan fingerprint density at radius 3 is 2.62 bits per heavy atom. The van der Waals surface area contributed by atoms with E-state index in [9.17, 15) is 18.0 Å². The van der Waals surface area contributed by atoms with Gasteiger partial charge in [-0.05, 0) is 43.7 Å². The summed E-state index contributed by atoms with van der Waals surface area (Å²) in [6.07, 6.45) is 0.465. The van der Waals surface area contributed by atoms with Crippen molar-refractivity contribution in [2.45, 2.75) is 50.4 Å². The molecule has 1 fully saturated rings. The van der Waals surface area contributed by atoms with Gasteiger partial charge in [0.05, 0.1) is 5.56 Å². The fraction of sp³-hybridized carbons (Fsp3) is 0.625. The number of rotatable bonds is 2. The zero-order valence-corrected chi connectivity index (χ0v) is 13.3. The number of alkyl halides is 3. The summed E-state index contributed by atoms with van der Waals surface area (Å²) in [6.45, 7) is 1.15. The first-order chi connectivity index (χ1) is 11.3. The van der Waals surface area contributed by atoms with Gasteiger partial charge in [0.2, 0.25) is 0 Å². The van der Waals surface area contributed by atoms with Gasteiger partial charge < -0.3 is 16.0 Å². The maximum absolute atomic E-state index is 13.0. The van der Waals surface area contributed by atoms with E-state index in [0.29, 0.717) is 25.1 Å². The van der Waals surface area contributed by atoms with E-state index in [1.165, 1.54) is 6.07 Å². The monoisotopic (exact) mass is 342 g/mol. The second-order valence-electron chi connectivity index (χ2n) is 6.47. The van der Waals surface area contributed by atoms with Crippen molar-refractivity contribution < 1.29 is 18.0 Å². The van der Waals surface area contributed by atoms with Gasteiger partial charge in [0.15, 0.2) is 0 Å². The number of nitrogens with one attached hydrogen (secondary N) is 1. The largest absolute Gasteiger partial charge is 0.417 e. The van der Waals surface area contributed by atoms with E-state index in [1.54, 1.807) is 4.90 Å². The molecule has 24 heavy (non-hydrogen) atoms. The molecule has 2 aliphatic rings. The Kier molecular flexibility index (Phi) is 4.67. The van der Waals surface area contributed by atoms with Gasteiger partial charge >= 0.3 is 12.2 Å². The minimum atomic E-state index is -4.38. The predicted molar refractivity (Wildman–Crippen MR) is 82.2 cm³/mol. The van der Waals surface area contributed by atoms with Crippen LogP contribution in [0.1, 0.15) is 48.5 Å². The van der Waals surface area contributed by atoms with Crippen molar-refractivity contribution in [3.63, 3.8) is 0 Å². The number of amides is 2. The van der Waals surface area contributed by atoms with Crippen LogP contribution in [0.25, 0.3) is 0 Å². The molecule has 0 unspecified atom stereocenters. The van der Waals surface area contributed by atoms with Crippen LogP contribution in [-0.2, 0) is 12.6 Å². The quantitative estimate of drug-likeness (QED) is 0.868. The number of piperidine rings is 1. The first kappa shape index (κ1) is 17.0. The van der Waals surface area contributed by atoms with Gasteiger partial charge in [0, 0.05) is 37.1 Å². The lowest BCUT2D eigenvalue weighted by Gasteiger charge is -2.35. The van der Waals surface area contributed by atoms with Crippen molar-refractivity contribution in [2.24, 2.45) is 5.73 Å². The Balaban J connectivity index is 1.71. The summed E-state index contributed by atoms with van der Waals surface area (Å²) < 4.78 is 38.9.